The quantitative estimate of drug-likeness (QED) is 0.878. The molecule has 0 aliphatic carbocycles. The van der Waals surface area contributed by atoms with Crippen LogP contribution in [0.1, 0.15) is 5.69 Å². The Morgan fingerprint density at radius 3 is 2.53 bits per heavy atom. The van der Waals surface area contributed by atoms with Gasteiger partial charge in [-0.05, 0) is 24.3 Å². The van der Waals surface area contributed by atoms with Gasteiger partial charge in [-0.2, -0.15) is 8.78 Å². The average molecular weight is 241 g/mol. The highest BCUT2D eigenvalue weighted by Crippen LogP contribution is 2.16. The zero-order valence-corrected chi connectivity index (χ0v) is 8.62. The number of hydrogen-bond acceptors (Lipinski definition) is 4. The van der Waals surface area contributed by atoms with Gasteiger partial charge in [-0.25, -0.2) is 4.68 Å². The van der Waals surface area contributed by atoms with Crippen molar-refractivity contribution >= 4 is 0 Å². The molecule has 1 heterocycles. The molecule has 0 spiro atoms. The van der Waals surface area contributed by atoms with E-state index in [2.05, 4.69) is 15.0 Å². The van der Waals surface area contributed by atoms with Crippen molar-refractivity contribution < 1.29 is 18.6 Å². The summed E-state index contributed by atoms with van der Waals surface area (Å²) in [4.78, 5) is 0. The molecule has 0 aliphatic heterocycles. The van der Waals surface area contributed by atoms with Crippen LogP contribution < -0.4 is 4.74 Å². The highest BCUT2D eigenvalue weighted by molar-refractivity contribution is 5.36. The third-order valence-corrected chi connectivity index (χ3v) is 2.03. The fourth-order valence-corrected chi connectivity index (χ4v) is 1.28. The first-order chi connectivity index (χ1) is 8.19. The van der Waals surface area contributed by atoms with Crippen LogP contribution in [0.2, 0.25) is 0 Å². The SMILES string of the molecule is OCc1cn(-c2ccc(OC(F)F)cc2)nn1. The molecule has 2 aromatic rings. The maximum Gasteiger partial charge on any atom is 0.387 e. The molecule has 0 aliphatic rings. The maximum absolute atomic E-state index is 11.9. The molecule has 0 atom stereocenters. The van der Waals surface area contributed by atoms with Crippen LogP contribution in [0.5, 0.6) is 5.75 Å². The molecule has 0 amide bonds. The molecule has 17 heavy (non-hydrogen) atoms. The van der Waals surface area contributed by atoms with Crippen molar-refractivity contribution in [1.82, 2.24) is 15.0 Å². The number of aliphatic hydroxyl groups is 1. The van der Waals surface area contributed by atoms with Crippen LogP contribution in [0.3, 0.4) is 0 Å². The molecule has 1 N–H and O–H groups in total. The van der Waals surface area contributed by atoms with E-state index < -0.39 is 6.61 Å². The largest absolute Gasteiger partial charge is 0.435 e. The van der Waals surface area contributed by atoms with Gasteiger partial charge in [-0.15, -0.1) is 5.10 Å². The molecular formula is C10H9F2N3O2. The first-order valence-corrected chi connectivity index (χ1v) is 4.76. The highest BCUT2D eigenvalue weighted by atomic mass is 19.3. The van der Waals surface area contributed by atoms with Gasteiger partial charge in [0.25, 0.3) is 0 Å². The van der Waals surface area contributed by atoms with Gasteiger partial charge in [0.2, 0.25) is 0 Å². The molecule has 7 heteroatoms. The van der Waals surface area contributed by atoms with E-state index in [0.29, 0.717) is 11.4 Å². The molecule has 1 aromatic heterocycles. The lowest BCUT2D eigenvalue weighted by molar-refractivity contribution is -0.0498. The smallest absolute Gasteiger partial charge is 0.387 e. The predicted molar refractivity (Wildman–Crippen MR) is 53.9 cm³/mol. The number of halogens is 2. The number of ether oxygens (including phenoxy) is 1. The van der Waals surface area contributed by atoms with E-state index in [1.807, 2.05) is 0 Å². The zero-order valence-electron chi connectivity index (χ0n) is 8.62. The summed E-state index contributed by atoms with van der Waals surface area (Å²) in [6, 6.07) is 5.94. The predicted octanol–water partition coefficient (Wildman–Crippen LogP) is 1.36. The van der Waals surface area contributed by atoms with Crippen molar-refractivity contribution in [2.24, 2.45) is 0 Å². The molecule has 5 nitrogen and oxygen atoms in total. The summed E-state index contributed by atoms with van der Waals surface area (Å²) in [5.74, 6) is 0.0752. The second kappa shape index (κ2) is 4.88. The molecular weight excluding hydrogens is 232 g/mol. The first-order valence-electron chi connectivity index (χ1n) is 4.76. The molecule has 0 bridgehead atoms. The molecule has 1 aromatic carbocycles. The average Bonchev–Trinajstić information content (AvgIpc) is 2.78. The van der Waals surface area contributed by atoms with Gasteiger partial charge < -0.3 is 9.84 Å². The van der Waals surface area contributed by atoms with Crippen LogP contribution in [-0.2, 0) is 6.61 Å². The Morgan fingerprint density at radius 1 is 1.29 bits per heavy atom. The van der Waals surface area contributed by atoms with Gasteiger partial charge in [0.15, 0.2) is 0 Å². The Bertz CT molecular complexity index is 485. The molecule has 0 fully saturated rings. The van der Waals surface area contributed by atoms with Gasteiger partial charge in [0, 0.05) is 0 Å². The van der Waals surface area contributed by atoms with Gasteiger partial charge >= 0.3 is 6.61 Å². The van der Waals surface area contributed by atoms with E-state index in [4.69, 9.17) is 5.11 Å². The Morgan fingerprint density at radius 2 is 2.00 bits per heavy atom. The van der Waals surface area contributed by atoms with E-state index in [0.717, 1.165) is 0 Å². The van der Waals surface area contributed by atoms with Gasteiger partial charge in [0.1, 0.15) is 11.4 Å². The molecule has 0 radical (unpaired) electrons. The Balaban J connectivity index is 2.17. The molecule has 0 saturated carbocycles. The second-order valence-corrected chi connectivity index (χ2v) is 3.18. The van der Waals surface area contributed by atoms with E-state index in [9.17, 15) is 8.78 Å². The van der Waals surface area contributed by atoms with Crippen LogP contribution in [0.25, 0.3) is 5.69 Å². The third-order valence-electron chi connectivity index (χ3n) is 2.03. The van der Waals surface area contributed by atoms with E-state index >= 15 is 0 Å². The summed E-state index contributed by atoms with van der Waals surface area (Å²) < 4.78 is 29.5. The first kappa shape index (κ1) is 11.5. The monoisotopic (exact) mass is 241 g/mol. The number of rotatable bonds is 4. The number of alkyl halides is 2. The van der Waals surface area contributed by atoms with Crippen LogP contribution in [0, 0.1) is 0 Å². The van der Waals surface area contributed by atoms with E-state index in [1.54, 1.807) is 18.3 Å². The van der Waals surface area contributed by atoms with Crippen molar-refractivity contribution in [3.05, 3.63) is 36.2 Å². The van der Waals surface area contributed by atoms with Crippen molar-refractivity contribution in [2.75, 3.05) is 0 Å². The third kappa shape index (κ3) is 2.76. The lowest BCUT2D eigenvalue weighted by Gasteiger charge is -2.05. The Hall–Kier alpha value is -2.02. The van der Waals surface area contributed by atoms with Crippen LogP contribution in [-0.4, -0.2) is 26.7 Å². The molecule has 90 valence electrons. The van der Waals surface area contributed by atoms with Gasteiger partial charge in [0.05, 0.1) is 18.5 Å². The number of aliphatic hydroxyl groups excluding tert-OH is 1. The minimum absolute atomic E-state index is 0.0752. The molecule has 0 saturated heterocycles. The Labute approximate surface area is 95.3 Å². The van der Waals surface area contributed by atoms with Crippen molar-refractivity contribution in [3.63, 3.8) is 0 Å². The summed E-state index contributed by atoms with van der Waals surface area (Å²) in [6.45, 7) is -3.04. The van der Waals surface area contributed by atoms with Crippen LogP contribution in [0.4, 0.5) is 8.78 Å². The topological polar surface area (TPSA) is 60.2 Å². The fourth-order valence-electron chi connectivity index (χ4n) is 1.28. The van der Waals surface area contributed by atoms with Gasteiger partial charge in [-0.1, -0.05) is 5.21 Å². The minimum atomic E-state index is -2.84. The van der Waals surface area contributed by atoms with Crippen molar-refractivity contribution in [1.29, 1.82) is 0 Å². The molecule has 2 rings (SSSR count). The summed E-state index contributed by atoms with van der Waals surface area (Å²) in [6.07, 6.45) is 1.54. The summed E-state index contributed by atoms with van der Waals surface area (Å²) in [5, 5.41) is 16.3. The summed E-state index contributed by atoms with van der Waals surface area (Å²) in [7, 11) is 0. The van der Waals surface area contributed by atoms with E-state index in [-0.39, 0.29) is 12.4 Å². The number of benzene rings is 1. The number of nitrogens with zero attached hydrogens (tertiary/aromatic N) is 3. The van der Waals surface area contributed by atoms with Crippen LogP contribution >= 0.6 is 0 Å². The van der Waals surface area contributed by atoms with Crippen molar-refractivity contribution in [3.8, 4) is 11.4 Å². The summed E-state index contributed by atoms with van der Waals surface area (Å²) >= 11 is 0. The second-order valence-electron chi connectivity index (χ2n) is 3.18. The maximum atomic E-state index is 11.9. The number of hydrogen-bond donors (Lipinski definition) is 1. The Kier molecular flexibility index (Phi) is 3.29. The van der Waals surface area contributed by atoms with Crippen LogP contribution in [0.15, 0.2) is 30.5 Å². The number of aromatic nitrogens is 3. The van der Waals surface area contributed by atoms with Gasteiger partial charge in [-0.3, -0.25) is 0 Å². The summed E-state index contributed by atoms with van der Waals surface area (Å²) in [5.41, 5.74) is 1.07. The minimum Gasteiger partial charge on any atom is -0.435 e. The lowest BCUT2D eigenvalue weighted by atomic mass is 10.3. The van der Waals surface area contributed by atoms with Crippen molar-refractivity contribution in [2.45, 2.75) is 13.2 Å². The molecule has 0 unspecified atom stereocenters. The highest BCUT2D eigenvalue weighted by Gasteiger charge is 2.05. The lowest BCUT2D eigenvalue weighted by Crippen LogP contribution is -2.02. The standard InChI is InChI=1S/C10H9F2N3O2/c11-10(12)17-9-3-1-8(2-4-9)15-5-7(6-16)13-14-15/h1-5,10,16H,6H2. The normalized spacial score (nSPS) is 10.8. The zero-order chi connectivity index (χ0) is 12.3. The fraction of sp³-hybridized carbons (Fsp3) is 0.200. The van der Waals surface area contributed by atoms with E-state index in [1.165, 1.54) is 16.8 Å².